The van der Waals surface area contributed by atoms with Crippen molar-refractivity contribution >= 4 is 32.5 Å². The molecule has 5 rings (SSSR count). The van der Waals surface area contributed by atoms with E-state index in [-0.39, 0.29) is 28.6 Å². The van der Waals surface area contributed by atoms with Crippen LogP contribution < -0.4 is 15.0 Å². The van der Waals surface area contributed by atoms with Gasteiger partial charge in [-0.05, 0) is 36.4 Å². The maximum Gasteiger partial charge on any atom is 0.252 e. The highest BCUT2D eigenvalue weighted by atomic mass is 35.5. The van der Waals surface area contributed by atoms with Crippen molar-refractivity contribution in [2.24, 2.45) is 0 Å². The maximum absolute atomic E-state index is 13.5. The third-order valence-electron chi connectivity index (χ3n) is 5.30. The fourth-order valence-corrected chi connectivity index (χ4v) is 5.57. The number of hydrogen-bond acceptors (Lipinski definition) is 6. The van der Waals surface area contributed by atoms with Gasteiger partial charge in [-0.1, -0.05) is 23.7 Å². The Morgan fingerprint density at radius 1 is 0.970 bits per heavy atom. The molecule has 170 valence electrons. The van der Waals surface area contributed by atoms with Crippen molar-refractivity contribution in [3.05, 3.63) is 87.6 Å². The topological polar surface area (TPSA) is 102 Å². The van der Waals surface area contributed by atoms with Gasteiger partial charge in [0.25, 0.3) is 5.56 Å². The standard InChI is InChI=1S/C23H19ClN2O6S/c24-18-5-1-2-6-22(18)33(28,29)26(14-17-4-3-7-30-17)13-16-10-15-11-20-21(32-9-8-31-20)12-19(15)25-23(16)27/h1-7,10-12H,8-9,13-14H2,(H,25,27). The number of nitrogens with zero attached hydrogens (tertiary/aromatic N) is 1. The zero-order valence-electron chi connectivity index (χ0n) is 17.3. The van der Waals surface area contributed by atoms with Crippen LogP contribution >= 0.6 is 11.6 Å². The number of H-pyrrole nitrogens is 1. The Morgan fingerprint density at radius 2 is 1.73 bits per heavy atom. The van der Waals surface area contributed by atoms with Crippen molar-refractivity contribution in [3.8, 4) is 11.5 Å². The van der Waals surface area contributed by atoms with Crippen molar-refractivity contribution in [2.75, 3.05) is 13.2 Å². The van der Waals surface area contributed by atoms with Crippen LogP contribution in [0.25, 0.3) is 10.9 Å². The number of halogens is 1. The number of aromatic amines is 1. The maximum atomic E-state index is 13.5. The van der Waals surface area contributed by atoms with Crippen molar-refractivity contribution < 1.29 is 22.3 Å². The third kappa shape index (κ3) is 4.22. The number of pyridine rings is 1. The molecule has 0 atom stereocenters. The van der Waals surface area contributed by atoms with Crippen LogP contribution in [0.5, 0.6) is 11.5 Å². The monoisotopic (exact) mass is 486 g/mol. The van der Waals surface area contributed by atoms with Crippen molar-refractivity contribution in [1.29, 1.82) is 0 Å². The molecule has 1 aliphatic heterocycles. The van der Waals surface area contributed by atoms with E-state index in [0.717, 1.165) is 0 Å². The Bertz CT molecular complexity index is 1480. The molecule has 10 heteroatoms. The van der Waals surface area contributed by atoms with Gasteiger partial charge in [0.2, 0.25) is 10.0 Å². The van der Waals surface area contributed by atoms with Crippen LogP contribution in [0.1, 0.15) is 11.3 Å². The molecule has 3 heterocycles. The fourth-order valence-electron chi connectivity index (χ4n) is 3.69. The summed E-state index contributed by atoms with van der Waals surface area (Å²) < 4.78 is 44.7. The first-order valence-electron chi connectivity index (χ1n) is 10.1. The first kappa shape index (κ1) is 21.6. The summed E-state index contributed by atoms with van der Waals surface area (Å²) in [5.74, 6) is 1.56. The quantitative estimate of drug-likeness (QED) is 0.443. The molecule has 0 bridgehead atoms. The highest BCUT2D eigenvalue weighted by Gasteiger charge is 2.28. The van der Waals surface area contributed by atoms with E-state index in [9.17, 15) is 13.2 Å². The molecule has 8 nitrogen and oxygen atoms in total. The van der Waals surface area contributed by atoms with Crippen molar-refractivity contribution in [1.82, 2.24) is 9.29 Å². The number of aromatic nitrogens is 1. The minimum Gasteiger partial charge on any atom is -0.486 e. The number of rotatable bonds is 6. The van der Waals surface area contributed by atoms with Crippen LogP contribution in [-0.4, -0.2) is 30.9 Å². The van der Waals surface area contributed by atoms with Crippen LogP contribution in [0.15, 0.2) is 75.0 Å². The molecule has 2 aromatic carbocycles. The molecule has 0 aliphatic carbocycles. The molecule has 4 aromatic rings. The van der Waals surface area contributed by atoms with E-state index in [4.69, 9.17) is 25.5 Å². The summed E-state index contributed by atoms with van der Waals surface area (Å²) in [4.78, 5) is 15.6. The van der Waals surface area contributed by atoms with E-state index in [1.807, 2.05) is 0 Å². The van der Waals surface area contributed by atoms with Gasteiger partial charge in [-0.15, -0.1) is 0 Å². The minimum atomic E-state index is -4.05. The molecule has 0 spiro atoms. The van der Waals surface area contributed by atoms with Crippen molar-refractivity contribution in [2.45, 2.75) is 18.0 Å². The Labute approximate surface area is 194 Å². The molecule has 0 saturated heterocycles. The lowest BCUT2D eigenvalue weighted by Crippen LogP contribution is -2.32. The van der Waals surface area contributed by atoms with Gasteiger partial charge in [-0.3, -0.25) is 4.79 Å². The number of hydrogen-bond donors (Lipinski definition) is 1. The summed E-state index contributed by atoms with van der Waals surface area (Å²) >= 11 is 6.19. The predicted molar refractivity (Wildman–Crippen MR) is 122 cm³/mol. The lowest BCUT2D eigenvalue weighted by molar-refractivity contribution is 0.172. The van der Waals surface area contributed by atoms with Gasteiger partial charge in [-0.2, -0.15) is 4.31 Å². The molecule has 0 radical (unpaired) electrons. The van der Waals surface area contributed by atoms with Crippen LogP contribution in [0.4, 0.5) is 0 Å². The number of ether oxygens (including phenoxy) is 2. The Balaban J connectivity index is 1.57. The Hall–Kier alpha value is -3.27. The van der Waals surface area contributed by atoms with Gasteiger partial charge in [0, 0.05) is 23.6 Å². The lowest BCUT2D eigenvalue weighted by atomic mass is 10.1. The average molecular weight is 487 g/mol. The number of benzene rings is 2. The second-order valence-corrected chi connectivity index (χ2v) is 9.80. The van der Waals surface area contributed by atoms with Gasteiger partial charge in [0.05, 0.1) is 23.3 Å². The minimum absolute atomic E-state index is 0.0462. The second-order valence-electron chi connectivity index (χ2n) is 7.49. The van der Waals surface area contributed by atoms with Gasteiger partial charge < -0.3 is 18.9 Å². The first-order chi connectivity index (χ1) is 15.9. The summed E-state index contributed by atoms with van der Waals surface area (Å²) in [6.07, 6.45) is 1.46. The zero-order valence-corrected chi connectivity index (χ0v) is 18.9. The summed E-state index contributed by atoms with van der Waals surface area (Å²) in [6, 6.07) is 14.7. The normalized spacial score (nSPS) is 13.5. The first-order valence-corrected chi connectivity index (χ1v) is 12.0. The molecule has 1 N–H and O–H groups in total. The van der Waals surface area contributed by atoms with E-state index in [2.05, 4.69) is 4.98 Å². The summed E-state index contributed by atoms with van der Waals surface area (Å²) in [5, 5.41) is 0.792. The summed E-state index contributed by atoms with van der Waals surface area (Å²) in [6.45, 7) is 0.608. The van der Waals surface area contributed by atoms with Crippen molar-refractivity contribution in [3.63, 3.8) is 0 Å². The summed E-state index contributed by atoms with van der Waals surface area (Å²) in [5.41, 5.74) is 0.430. The molecule has 0 saturated carbocycles. The molecular weight excluding hydrogens is 468 g/mol. The van der Waals surface area contributed by atoms with E-state index in [0.29, 0.717) is 41.4 Å². The SMILES string of the molecule is O=c1[nH]c2cc3c(cc2cc1CN(Cc1ccco1)S(=O)(=O)c1ccccc1Cl)OCCO3. The van der Waals surface area contributed by atoms with Crippen LogP contribution in [0.3, 0.4) is 0 Å². The summed E-state index contributed by atoms with van der Waals surface area (Å²) in [7, 11) is -4.05. The number of sulfonamides is 1. The fraction of sp³-hybridized carbons (Fsp3) is 0.174. The molecule has 0 amide bonds. The van der Waals surface area contributed by atoms with Crippen LogP contribution in [0, 0.1) is 0 Å². The second kappa shape index (κ2) is 8.58. The van der Waals surface area contributed by atoms with Gasteiger partial charge in [-0.25, -0.2) is 8.42 Å². The van der Waals surface area contributed by atoms with Gasteiger partial charge in [0.15, 0.2) is 11.5 Å². The Kier molecular flexibility index (Phi) is 5.61. The zero-order chi connectivity index (χ0) is 23.0. The van der Waals surface area contributed by atoms with Gasteiger partial charge >= 0.3 is 0 Å². The highest BCUT2D eigenvalue weighted by molar-refractivity contribution is 7.89. The van der Waals surface area contributed by atoms with Gasteiger partial charge in [0.1, 0.15) is 23.9 Å². The predicted octanol–water partition coefficient (Wildman–Crippen LogP) is 3.94. The van der Waals surface area contributed by atoms with E-state index >= 15 is 0 Å². The Morgan fingerprint density at radius 3 is 2.45 bits per heavy atom. The molecule has 0 fully saturated rings. The molecule has 2 aromatic heterocycles. The van der Waals surface area contributed by atoms with E-state index < -0.39 is 15.6 Å². The average Bonchev–Trinajstić information content (AvgIpc) is 3.31. The third-order valence-corrected chi connectivity index (χ3v) is 7.59. The smallest absolute Gasteiger partial charge is 0.252 e. The number of fused-ring (bicyclic) bond motifs is 2. The molecular formula is C23H19ClN2O6S. The van der Waals surface area contributed by atoms with Crippen LogP contribution in [-0.2, 0) is 23.1 Å². The van der Waals surface area contributed by atoms with E-state index in [1.165, 1.54) is 22.7 Å². The number of nitrogens with one attached hydrogen (secondary N) is 1. The lowest BCUT2D eigenvalue weighted by Gasteiger charge is -2.22. The molecule has 0 unspecified atom stereocenters. The molecule has 1 aliphatic rings. The van der Waals surface area contributed by atoms with Crippen LogP contribution in [0.2, 0.25) is 5.02 Å². The number of furan rings is 1. The largest absolute Gasteiger partial charge is 0.486 e. The van der Waals surface area contributed by atoms with E-state index in [1.54, 1.807) is 42.5 Å². The highest BCUT2D eigenvalue weighted by Crippen LogP contribution is 2.34. The molecule has 33 heavy (non-hydrogen) atoms.